The van der Waals surface area contributed by atoms with Crippen molar-refractivity contribution in [3.05, 3.63) is 35.7 Å². The van der Waals surface area contributed by atoms with Crippen molar-refractivity contribution in [1.29, 1.82) is 0 Å². The summed E-state index contributed by atoms with van der Waals surface area (Å²) in [5.41, 5.74) is -0.242. The first kappa shape index (κ1) is 21.3. The zero-order valence-electron chi connectivity index (χ0n) is 15.8. The van der Waals surface area contributed by atoms with Gasteiger partial charge in [-0.05, 0) is 37.5 Å². The highest BCUT2D eigenvalue weighted by Gasteiger charge is 2.21. The SMILES string of the molecule is CCOC(=O)N[C@@H](CNC(=O)c1noc(-c2cc(F)ccc2F)n1)CC(C)C. The third kappa shape index (κ3) is 6.00. The van der Waals surface area contributed by atoms with Crippen LogP contribution in [0.1, 0.15) is 37.8 Å². The number of carbonyl (C=O) groups is 2. The van der Waals surface area contributed by atoms with E-state index in [0.29, 0.717) is 6.42 Å². The minimum absolute atomic E-state index is 0.105. The molecule has 0 spiro atoms. The maximum atomic E-state index is 13.8. The summed E-state index contributed by atoms with van der Waals surface area (Å²) in [5.74, 6) is -2.50. The van der Waals surface area contributed by atoms with E-state index in [-0.39, 0.29) is 42.4 Å². The fraction of sp³-hybridized carbons (Fsp3) is 0.444. The van der Waals surface area contributed by atoms with E-state index in [1.165, 1.54) is 0 Å². The van der Waals surface area contributed by atoms with E-state index in [2.05, 4.69) is 20.8 Å². The van der Waals surface area contributed by atoms with Gasteiger partial charge in [-0.2, -0.15) is 4.98 Å². The van der Waals surface area contributed by atoms with Crippen molar-refractivity contribution in [3.8, 4) is 11.5 Å². The molecule has 10 heteroatoms. The number of nitrogens with zero attached hydrogens (tertiary/aromatic N) is 2. The van der Waals surface area contributed by atoms with Gasteiger partial charge in [0.25, 0.3) is 17.6 Å². The zero-order valence-corrected chi connectivity index (χ0v) is 15.8. The Morgan fingerprint density at radius 3 is 2.71 bits per heavy atom. The number of nitrogens with one attached hydrogen (secondary N) is 2. The van der Waals surface area contributed by atoms with Gasteiger partial charge in [0.1, 0.15) is 11.6 Å². The number of carbonyl (C=O) groups excluding carboxylic acids is 2. The second-order valence-electron chi connectivity index (χ2n) is 6.45. The second kappa shape index (κ2) is 9.77. The van der Waals surface area contributed by atoms with Gasteiger partial charge >= 0.3 is 6.09 Å². The van der Waals surface area contributed by atoms with Gasteiger partial charge in [0.05, 0.1) is 12.2 Å². The van der Waals surface area contributed by atoms with Crippen molar-refractivity contribution in [1.82, 2.24) is 20.8 Å². The topological polar surface area (TPSA) is 106 Å². The maximum absolute atomic E-state index is 13.8. The Hall–Kier alpha value is -3.04. The predicted octanol–water partition coefficient (Wildman–Crippen LogP) is 2.91. The highest BCUT2D eigenvalue weighted by atomic mass is 19.1. The first-order valence-electron chi connectivity index (χ1n) is 8.80. The lowest BCUT2D eigenvalue weighted by Gasteiger charge is -2.20. The first-order chi connectivity index (χ1) is 13.3. The normalized spacial score (nSPS) is 11.9. The Morgan fingerprint density at radius 1 is 1.29 bits per heavy atom. The molecule has 0 saturated carbocycles. The van der Waals surface area contributed by atoms with E-state index in [9.17, 15) is 18.4 Å². The summed E-state index contributed by atoms with van der Waals surface area (Å²) in [6.45, 7) is 5.97. The molecule has 0 bridgehead atoms. The number of halogens is 2. The summed E-state index contributed by atoms with van der Waals surface area (Å²) in [4.78, 5) is 27.7. The molecule has 0 aliphatic rings. The van der Waals surface area contributed by atoms with Crippen LogP contribution in [0.2, 0.25) is 0 Å². The monoisotopic (exact) mass is 396 g/mol. The summed E-state index contributed by atoms with van der Waals surface area (Å²) >= 11 is 0. The molecule has 8 nitrogen and oxygen atoms in total. The lowest BCUT2D eigenvalue weighted by Crippen LogP contribution is -2.44. The molecule has 0 radical (unpaired) electrons. The van der Waals surface area contributed by atoms with Crippen LogP contribution in [0, 0.1) is 17.6 Å². The molecular weight excluding hydrogens is 374 g/mol. The number of benzene rings is 1. The molecule has 2 rings (SSSR count). The standard InChI is InChI=1S/C18H22F2N4O4/c1-4-27-18(26)22-12(7-10(2)3)9-21-16(25)15-23-17(28-24-15)13-8-11(19)5-6-14(13)20/h5-6,8,10,12H,4,7,9H2,1-3H3,(H,21,25)(H,22,26)/t12-/m1/s1. The van der Waals surface area contributed by atoms with Gasteiger partial charge in [-0.3, -0.25) is 4.79 Å². The van der Waals surface area contributed by atoms with Gasteiger partial charge in [-0.15, -0.1) is 0 Å². The maximum Gasteiger partial charge on any atom is 0.407 e. The molecule has 1 aromatic carbocycles. The largest absolute Gasteiger partial charge is 0.450 e. The summed E-state index contributed by atoms with van der Waals surface area (Å²) in [5, 5.41) is 8.74. The predicted molar refractivity (Wildman–Crippen MR) is 95.4 cm³/mol. The van der Waals surface area contributed by atoms with Crippen LogP contribution >= 0.6 is 0 Å². The van der Waals surface area contributed by atoms with Gasteiger partial charge < -0.3 is 19.9 Å². The van der Waals surface area contributed by atoms with Crippen LogP contribution in [0.5, 0.6) is 0 Å². The smallest absolute Gasteiger partial charge is 0.407 e. The second-order valence-corrected chi connectivity index (χ2v) is 6.45. The van der Waals surface area contributed by atoms with Crippen molar-refractivity contribution in [3.63, 3.8) is 0 Å². The number of ether oxygens (including phenoxy) is 1. The molecule has 2 aromatic rings. The van der Waals surface area contributed by atoms with Crippen molar-refractivity contribution >= 4 is 12.0 Å². The number of aromatic nitrogens is 2. The van der Waals surface area contributed by atoms with Crippen LogP contribution in [0.4, 0.5) is 13.6 Å². The quantitative estimate of drug-likeness (QED) is 0.711. The molecule has 2 N–H and O–H groups in total. The Labute approximate surface area is 160 Å². The first-order valence-corrected chi connectivity index (χ1v) is 8.80. The third-order valence-electron chi connectivity index (χ3n) is 3.65. The molecule has 0 aliphatic heterocycles. The molecule has 0 fully saturated rings. The van der Waals surface area contributed by atoms with E-state index >= 15 is 0 Å². The number of hydrogen-bond acceptors (Lipinski definition) is 6. The average Bonchev–Trinajstić information content (AvgIpc) is 3.11. The molecule has 0 aliphatic carbocycles. The molecule has 2 amide bonds. The van der Waals surface area contributed by atoms with Gasteiger partial charge in [-0.25, -0.2) is 13.6 Å². The molecule has 28 heavy (non-hydrogen) atoms. The Morgan fingerprint density at radius 2 is 2.04 bits per heavy atom. The molecule has 1 aromatic heterocycles. The molecule has 1 atom stereocenters. The van der Waals surface area contributed by atoms with Crippen LogP contribution in [0.3, 0.4) is 0 Å². The zero-order chi connectivity index (χ0) is 20.7. The van der Waals surface area contributed by atoms with Crippen molar-refractivity contribution in [2.75, 3.05) is 13.2 Å². The third-order valence-corrected chi connectivity index (χ3v) is 3.65. The summed E-state index contributed by atoms with van der Waals surface area (Å²) in [6.07, 6.45) is 0.0243. The molecule has 0 unspecified atom stereocenters. The van der Waals surface area contributed by atoms with Crippen molar-refractivity contribution in [2.24, 2.45) is 5.92 Å². The van der Waals surface area contributed by atoms with Crippen LogP contribution in [0.25, 0.3) is 11.5 Å². The van der Waals surface area contributed by atoms with E-state index in [1.807, 2.05) is 13.8 Å². The minimum Gasteiger partial charge on any atom is -0.450 e. The van der Waals surface area contributed by atoms with Crippen LogP contribution in [-0.4, -0.2) is 41.3 Å². The molecule has 0 saturated heterocycles. The van der Waals surface area contributed by atoms with Crippen molar-refractivity contribution in [2.45, 2.75) is 33.2 Å². The number of amides is 2. The summed E-state index contributed by atoms with van der Waals surface area (Å²) < 4.78 is 36.8. The highest BCUT2D eigenvalue weighted by Crippen LogP contribution is 2.21. The Balaban J connectivity index is 2.02. The Bertz CT molecular complexity index is 826. The van der Waals surface area contributed by atoms with E-state index in [4.69, 9.17) is 9.26 Å². The van der Waals surface area contributed by atoms with Gasteiger partial charge in [0, 0.05) is 12.6 Å². The fourth-order valence-electron chi connectivity index (χ4n) is 2.48. The molecule has 1 heterocycles. The highest BCUT2D eigenvalue weighted by molar-refractivity contribution is 5.90. The van der Waals surface area contributed by atoms with E-state index in [1.54, 1.807) is 6.92 Å². The van der Waals surface area contributed by atoms with E-state index in [0.717, 1.165) is 18.2 Å². The molecule has 152 valence electrons. The lowest BCUT2D eigenvalue weighted by molar-refractivity contribution is 0.0931. The summed E-state index contributed by atoms with van der Waals surface area (Å²) in [7, 11) is 0. The van der Waals surface area contributed by atoms with Gasteiger partial charge in [0.15, 0.2) is 0 Å². The number of hydrogen-bond donors (Lipinski definition) is 2. The average molecular weight is 396 g/mol. The van der Waals surface area contributed by atoms with Crippen LogP contribution < -0.4 is 10.6 Å². The number of rotatable bonds is 8. The van der Waals surface area contributed by atoms with Gasteiger partial charge in [-0.1, -0.05) is 19.0 Å². The lowest BCUT2D eigenvalue weighted by atomic mass is 10.0. The fourth-order valence-corrected chi connectivity index (χ4v) is 2.48. The van der Waals surface area contributed by atoms with E-state index < -0.39 is 23.6 Å². The molecular formula is C18H22F2N4O4. The number of alkyl carbamates (subject to hydrolysis) is 1. The van der Waals surface area contributed by atoms with Crippen LogP contribution in [0.15, 0.2) is 22.7 Å². The van der Waals surface area contributed by atoms with Gasteiger partial charge in [0.2, 0.25) is 0 Å². The van der Waals surface area contributed by atoms with Crippen molar-refractivity contribution < 1.29 is 27.6 Å². The Kier molecular flexibility index (Phi) is 7.42. The minimum atomic E-state index is -0.757. The summed E-state index contributed by atoms with van der Waals surface area (Å²) in [6, 6.07) is 2.40. The van der Waals surface area contributed by atoms with Crippen LogP contribution in [-0.2, 0) is 4.74 Å².